The molecule has 0 saturated heterocycles. The number of hydrogen-bond acceptors (Lipinski definition) is 4. The fourth-order valence-corrected chi connectivity index (χ4v) is 3.90. The quantitative estimate of drug-likeness (QED) is 0.779. The molecule has 0 radical (unpaired) electrons. The number of benzene rings is 2. The predicted molar refractivity (Wildman–Crippen MR) is 107 cm³/mol. The van der Waals surface area contributed by atoms with E-state index in [4.69, 9.17) is 5.11 Å². The lowest BCUT2D eigenvalue weighted by molar-refractivity contribution is -0.116. The second-order valence-electron chi connectivity index (χ2n) is 5.97. The number of nitrogens with zero attached hydrogens (tertiary/aromatic N) is 1. The number of carbonyl (C=O) groups excluding carboxylic acids is 2. The Balaban J connectivity index is 1.98. The van der Waals surface area contributed by atoms with Gasteiger partial charge in [-0.3, -0.25) is 14.5 Å². The molecule has 0 unspecified atom stereocenters. The smallest absolute Gasteiger partial charge is 0.260 e. The maximum Gasteiger partial charge on any atom is 0.260 e. The Morgan fingerprint density at radius 3 is 2.81 bits per heavy atom. The number of carbonyl (C=O) groups is 2. The largest absolute Gasteiger partial charge is 0.396 e. The molecule has 0 spiro atoms. The van der Waals surface area contributed by atoms with Crippen LogP contribution in [0.2, 0.25) is 0 Å². The standard InChI is InChI=1S/C21H20N2O3S/c1-2-3-12-23-17-11-10-15(22-20(25)9-6-13-24)14-19(17)27-18-8-5-4-7-16(18)21(23)26/h4-5,7-8,10-11,14,24H,6,9,12-13H2,1H3,(H,22,25). The summed E-state index contributed by atoms with van der Waals surface area (Å²) < 4.78 is 0. The fraction of sp³-hybridized carbons (Fsp3) is 0.238. The minimum atomic E-state index is -0.146. The van der Waals surface area contributed by atoms with Gasteiger partial charge in [-0.2, -0.15) is 0 Å². The van der Waals surface area contributed by atoms with Crippen molar-refractivity contribution in [3.05, 3.63) is 48.0 Å². The third-order valence-corrected chi connectivity index (χ3v) is 5.22. The van der Waals surface area contributed by atoms with Gasteiger partial charge >= 0.3 is 0 Å². The average molecular weight is 380 g/mol. The van der Waals surface area contributed by atoms with Gasteiger partial charge in [0.15, 0.2) is 0 Å². The van der Waals surface area contributed by atoms with Crippen LogP contribution in [0.15, 0.2) is 52.3 Å². The van der Waals surface area contributed by atoms with Crippen molar-refractivity contribution in [2.75, 3.05) is 23.4 Å². The van der Waals surface area contributed by atoms with Crippen molar-refractivity contribution in [3.63, 3.8) is 0 Å². The molecule has 2 aromatic rings. The van der Waals surface area contributed by atoms with E-state index in [2.05, 4.69) is 17.2 Å². The molecule has 1 heterocycles. The monoisotopic (exact) mass is 380 g/mol. The number of fused-ring (bicyclic) bond motifs is 2. The Hall–Kier alpha value is -2.75. The zero-order valence-electron chi connectivity index (χ0n) is 15.0. The Morgan fingerprint density at radius 2 is 2.04 bits per heavy atom. The van der Waals surface area contributed by atoms with Gasteiger partial charge in [-0.15, -0.1) is 5.92 Å². The van der Waals surface area contributed by atoms with Gasteiger partial charge in [0, 0.05) is 28.5 Å². The van der Waals surface area contributed by atoms with E-state index < -0.39 is 0 Å². The van der Waals surface area contributed by atoms with Crippen molar-refractivity contribution in [1.82, 2.24) is 0 Å². The zero-order valence-corrected chi connectivity index (χ0v) is 15.8. The van der Waals surface area contributed by atoms with Crippen LogP contribution in [-0.4, -0.2) is 30.1 Å². The fourth-order valence-electron chi connectivity index (χ4n) is 2.78. The van der Waals surface area contributed by atoms with Crippen LogP contribution in [0.5, 0.6) is 0 Å². The maximum atomic E-state index is 13.0. The van der Waals surface area contributed by atoms with Crippen molar-refractivity contribution in [3.8, 4) is 11.8 Å². The van der Waals surface area contributed by atoms with E-state index in [-0.39, 0.29) is 24.8 Å². The molecule has 2 aromatic carbocycles. The second kappa shape index (κ2) is 8.76. The zero-order chi connectivity index (χ0) is 19.2. The Morgan fingerprint density at radius 1 is 1.22 bits per heavy atom. The Labute approximate surface area is 162 Å². The summed E-state index contributed by atoms with van der Waals surface area (Å²) >= 11 is 1.50. The SMILES string of the molecule is CC#CCN1C(=O)c2ccccc2Sc2cc(NC(=O)CCCO)ccc21. The molecule has 2 N–H and O–H groups in total. The van der Waals surface area contributed by atoms with E-state index in [1.165, 1.54) is 11.8 Å². The topological polar surface area (TPSA) is 69.6 Å². The summed E-state index contributed by atoms with van der Waals surface area (Å²) in [5.74, 6) is 5.58. The normalized spacial score (nSPS) is 12.4. The minimum absolute atomic E-state index is 0.0141. The van der Waals surface area contributed by atoms with Gasteiger partial charge in [0.05, 0.1) is 17.8 Å². The van der Waals surface area contributed by atoms with Crippen LogP contribution in [0.25, 0.3) is 0 Å². The molecule has 2 amide bonds. The highest BCUT2D eigenvalue weighted by atomic mass is 32.2. The third kappa shape index (κ3) is 4.33. The number of amides is 2. The molecule has 0 bridgehead atoms. The van der Waals surface area contributed by atoms with Crippen molar-refractivity contribution < 1.29 is 14.7 Å². The summed E-state index contributed by atoms with van der Waals surface area (Å²) in [4.78, 5) is 28.4. The average Bonchev–Trinajstić information content (AvgIpc) is 2.79. The van der Waals surface area contributed by atoms with E-state index in [0.717, 1.165) is 15.5 Å². The number of anilines is 2. The lowest BCUT2D eigenvalue weighted by Gasteiger charge is -2.21. The van der Waals surface area contributed by atoms with Crippen LogP contribution in [0.1, 0.15) is 30.1 Å². The maximum absolute atomic E-state index is 13.0. The minimum Gasteiger partial charge on any atom is -0.396 e. The third-order valence-electron chi connectivity index (χ3n) is 4.09. The number of aliphatic hydroxyl groups is 1. The van der Waals surface area contributed by atoms with Crippen molar-refractivity contribution in [2.24, 2.45) is 0 Å². The summed E-state index contributed by atoms with van der Waals surface area (Å²) in [5.41, 5.74) is 2.08. The van der Waals surface area contributed by atoms with Gasteiger partial charge in [0.2, 0.25) is 5.91 Å². The van der Waals surface area contributed by atoms with Gasteiger partial charge in [0.1, 0.15) is 0 Å². The van der Waals surface area contributed by atoms with Crippen molar-refractivity contribution >= 4 is 35.0 Å². The number of rotatable bonds is 5. The van der Waals surface area contributed by atoms with Gasteiger partial charge in [-0.05, 0) is 43.7 Å². The van der Waals surface area contributed by atoms with E-state index in [1.807, 2.05) is 36.4 Å². The predicted octanol–water partition coefficient (Wildman–Crippen LogP) is 3.53. The van der Waals surface area contributed by atoms with Crippen LogP contribution in [-0.2, 0) is 4.79 Å². The first kappa shape index (κ1) is 19.0. The number of aliphatic hydroxyl groups excluding tert-OH is 1. The highest BCUT2D eigenvalue weighted by Gasteiger charge is 2.26. The first-order chi connectivity index (χ1) is 13.1. The molecule has 1 aliphatic rings. The van der Waals surface area contributed by atoms with Crippen LogP contribution in [0, 0.1) is 11.8 Å². The van der Waals surface area contributed by atoms with Gasteiger partial charge in [-0.25, -0.2) is 0 Å². The van der Waals surface area contributed by atoms with Crippen molar-refractivity contribution in [2.45, 2.75) is 29.6 Å². The van der Waals surface area contributed by atoms with Crippen LogP contribution >= 0.6 is 11.8 Å². The summed E-state index contributed by atoms with van der Waals surface area (Å²) in [7, 11) is 0. The lowest BCUT2D eigenvalue weighted by atomic mass is 10.1. The first-order valence-corrected chi connectivity index (χ1v) is 9.49. The van der Waals surface area contributed by atoms with Crippen LogP contribution in [0.4, 0.5) is 11.4 Å². The summed E-state index contributed by atoms with van der Waals surface area (Å²) in [6.45, 7) is 2.04. The highest BCUT2D eigenvalue weighted by molar-refractivity contribution is 7.99. The summed E-state index contributed by atoms with van der Waals surface area (Å²) in [6.07, 6.45) is 0.692. The van der Waals surface area contributed by atoms with Gasteiger partial charge in [-0.1, -0.05) is 29.8 Å². The van der Waals surface area contributed by atoms with E-state index in [9.17, 15) is 9.59 Å². The van der Waals surface area contributed by atoms with E-state index >= 15 is 0 Å². The number of hydrogen-bond donors (Lipinski definition) is 2. The van der Waals surface area contributed by atoms with E-state index in [1.54, 1.807) is 17.9 Å². The summed E-state index contributed by atoms with van der Waals surface area (Å²) in [5, 5.41) is 11.7. The summed E-state index contributed by atoms with van der Waals surface area (Å²) in [6, 6.07) is 13.0. The molecule has 138 valence electrons. The van der Waals surface area contributed by atoms with Gasteiger partial charge in [0.25, 0.3) is 5.91 Å². The molecule has 0 atom stereocenters. The van der Waals surface area contributed by atoms with E-state index in [0.29, 0.717) is 24.2 Å². The Kier molecular flexibility index (Phi) is 6.17. The second-order valence-corrected chi connectivity index (χ2v) is 7.06. The molecule has 5 nitrogen and oxygen atoms in total. The number of nitrogens with one attached hydrogen (secondary N) is 1. The molecular weight excluding hydrogens is 360 g/mol. The van der Waals surface area contributed by atoms with Gasteiger partial charge < -0.3 is 10.4 Å². The highest BCUT2D eigenvalue weighted by Crippen LogP contribution is 2.42. The molecule has 27 heavy (non-hydrogen) atoms. The van der Waals surface area contributed by atoms with Crippen molar-refractivity contribution in [1.29, 1.82) is 0 Å². The molecular formula is C21H20N2O3S. The Bertz CT molecular complexity index is 931. The molecule has 1 aliphatic heterocycles. The molecule has 3 rings (SSSR count). The molecule has 0 aromatic heterocycles. The lowest BCUT2D eigenvalue weighted by Crippen LogP contribution is -2.31. The first-order valence-electron chi connectivity index (χ1n) is 8.67. The van der Waals surface area contributed by atoms with Crippen LogP contribution in [0.3, 0.4) is 0 Å². The molecule has 6 heteroatoms. The molecule has 0 fully saturated rings. The molecule has 0 saturated carbocycles. The molecule has 0 aliphatic carbocycles. The van der Waals surface area contributed by atoms with Crippen LogP contribution < -0.4 is 10.2 Å².